The van der Waals surface area contributed by atoms with Gasteiger partial charge in [0.05, 0.1) is 5.52 Å². The van der Waals surface area contributed by atoms with Crippen molar-refractivity contribution in [2.75, 3.05) is 0 Å². The molecule has 0 aliphatic rings. The van der Waals surface area contributed by atoms with Crippen molar-refractivity contribution in [3.05, 3.63) is 65.7 Å². The molecule has 0 fully saturated rings. The van der Waals surface area contributed by atoms with Crippen molar-refractivity contribution >= 4 is 27.8 Å². The number of rotatable bonds is 3. The highest BCUT2D eigenvalue weighted by Gasteiger charge is 2.19. The van der Waals surface area contributed by atoms with Crippen molar-refractivity contribution in [1.82, 2.24) is 9.55 Å². The van der Waals surface area contributed by atoms with Gasteiger partial charge in [0.15, 0.2) is 0 Å². The van der Waals surface area contributed by atoms with Gasteiger partial charge in [-0.15, -0.1) is 0 Å². The van der Waals surface area contributed by atoms with Crippen LogP contribution in [0.15, 0.2) is 48.7 Å². The van der Waals surface area contributed by atoms with Crippen LogP contribution in [-0.4, -0.2) is 20.6 Å². The Kier molecular flexibility index (Phi) is 3.72. The quantitative estimate of drug-likeness (QED) is 0.584. The third-order valence-electron chi connectivity index (χ3n) is 4.75. The maximum Gasteiger partial charge on any atom is 0.323 e. The zero-order valence-electron chi connectivity index (χ0n) is 14.5. The lowest BCUT2D eigenvalue weighted by molar-refractivity contribution is -0.137. The summed E-state index contributed by atoms with van der Waals surface area (Å²) in [7, 11) is 0. The van der Waals surface area contributed by atoms with E-state index in [1.165, 1.54) is 12.1 Å². The fourth-order valence-electron chi connectivity index (χ4n) is 3.61. The number of halogens is 1. The summed E-state index contributed by atoms with van der Waals surface area (Å²) in [4.78, 5) is 15.7. The summed E-state index contributed by atoms with van der Waals surface area (Å²) in [5.41, 5.74) is 5.25. The molecule has 4 rings (SSSR count). The zero-order chi connectivity index (χ0) is 18.4. The van der Waals surface area contributed by atoms with E-state index in [2.05, 4.69) is 4.98 Å². The highest BCUT2D eigenvalue weighted by atomic mass is 19.1. The van der Waals surface area contributed by atoms with Crippen LogP contribution in [0.2, 0.25) is 0 Å². The lowest BCUT2D eigenvalue weighted by atomic mass is 9.98. The normalized spacial score (nSPS) is 11.3. The minimum Gasteiger partial charge on any atom is -0.480 e. The Hall–Kier alpha value is -3.21. The predicted octanol–water partition coefficient (Wildman–Crippen LogP) is 4.70. The van der Waals surface area contributed by atoms with Gasteiger partial charge in [-0.05, 0) is 55.8 Å². The van der Waals surface area contributed by atoms with Gasteiger partial charge >= 0.3 is 5.97 Å². The van der Waals surface area contributed by atoms with Gasteiger partial charge in [0.2, 0.25) is 0 Å². The molecule has 2 aromatic heterocycles. The summed E-state index contributed by atoms with van der Waals surface area (Å²) < 4.78 is 15.7. The Morgan fingerprint density at radius 1 is 1.12 bits per heavy atom. The summed E-state index contributed by atoms with van der Waals surface area (Å²) in [6.07, 6.45) is 1.70. The minimum absolute atomic E-state index is 0.122. The zero-order valence-corrected chi connectivity index (χ0v) is 14.5. The molecule has 2 heterocycles. The summed E-state index contributed by atoms with van der Waals surface area (Å²) in [5, 5.41) is 11.0. The summed E-state index contributed by atoms with van der Waals surface area (Å²) in [6.45, 7) is 3.78. The number of hydrogen-bond acceptors (Lipinski definition) is 2. The van der Waals surface area contributed by atoms with Crippen LogP contribution in [0.4, 0.5) is 4.39 Å². The predicted molar refractivity (Wildman–Crippen MR) is 99.7 cm³/mol. The average molecular weight is 348 g/mol. The summed E-state index contributed by atoms with van der Waals surface area (Å²) in [5.74, 6) is -1.22. The molecule has 1 N–H and O–H groups in total. The molecule has 0 aliphatic carbocycles. The standard InChI is InChI=1S/C21H17FN2O2/c1-12-3-6-19-17(9-12)21(13(2)24(19)11-20(25)26)15-7-8-23-18-5-4-14(22)10-16(15)18/h3-10H,11H2,1-2H3,(H,25,26). The van der Waals surface area contributed by atoms with Gasteiger partial charge in [0.1, 0.15) is 12.4 Å². The highest BCUT2D eigenvalue weighted by molar-refractivity contribution is 6.06. The molecule has 0 aliphatic heterocycles. The maximum absolute atomic E-state index is 13.9. The highest BCUT2D eigenvalue weighted by Crippen LogP contribution is 2.38. The number of benzene rings is 2. The molecule has 0 atom stereocenters. The number of aromatic nitrogens is 2. The third kappa shape index (κ3) is 2.52. The van der Waals surface area contributed by atoms with Gasteiger partial charge in [0, 0.05) is 33.7 Å². The van der Waals surface area contributed by atoms with Crippen LogP contribution in [-0.2, 0) is 11.3 Å². The summed E-state index contributed by atoms with van der Waals surface area (Å²) >= 11 is 0. The monoisotopic (exact) mass is 348 g/mol. The molecular weight excluding hydrogens is 331 g/mol. The van der Waals surface area contributed by atoms with E-state index in [1.54, 1.807) is 16.8 Å². The molecule has 0 radical (unpaired) electrons. The number of pyridine rings is 1. The van der Waals surface area contributed by atoms with Gasteiger partial charge in [-0.25, -0.2) is 4.39 Å². The first kappa shape index (κ1) is 16.3. The van der Waals surface area contributed by atoms with E-state index < -0.39 is 5.97 Å². The van der Waals surface area contributed by atoms with Crippen LogP contribution < -0.4 is 0 Å². The van der Waals surface area contributed by atoms with Crippen LogP contribution in [0.1, 0.15) is 11.3 Å². The molecule has 0 unspecified atom stereocenters. The Labute approximate surface area is 149 Å². The van der Waals surface area contributed by atoms with Gasteiger partial charge in [-0.1, -0.05) is 11.6 Å². The molecule has 4 nitrogen and oxygen atoms in total. The number of fused-ring (bicyclic) bond motifs is 2. The van der Waals surface area contributed by atoms with Crippen molar-refractivity contribution in [3.63, 3.8) is 0 Å². The van der Waals surface area contributed by atoms with Crippen molar-refractivity contribution in [3.8, 4) is 11.1 Å². The van der Waals surface area contributed by atoms with Gasteiger partial charge in [-0.2, -0.15) is 0 Å². The first-order valence-corrected chi connectivity index (χ1v) is 8.31. The Morgan fingerprint density at radius 2 is 1.92 bits per heavy atom. The first-order chi connectivity index (χ1) is 12.5. The van der Waals surface area contributed by atoms with Crippen molar-refractivity contribution in [2.45, 2.75) is 20.4 Å². The molecule has 2 aromatic carbocycles. The van der Waals surface area contributed by atoms with Crippen LogP contribution >= 0.6 is 0 Å². The molecule has 26 heavy (non-hydrogen) atoms. The van der Waals surface area contributed by atoms with Crippen LogP contribution in [0, 0.1) is 19.7 Å². The number of carboxylic acids is 1. The van der Waals surface area contributed by atoms with Crippen molar-refractivity contribution < 1.29 is 14.3 Å². The molecule has 0 saturated heterocycles. The lowest BCUT2D eigenvalue weighted by Crippen LogP contribution is -2.09. The number of carbonyl (C=O) groups is 1. The number of aliphatic carboxylic acids is 1. The lowest BCUT2D eigenvalue weighted by Gasteiger charge is -2.08. The molecule has 4 aromatic rings. The molecular formula is C21H17FN2O2. The van der Waals surface area contributed by atoms with E-state index in [1.807, 2.05) is 38.1 Å². The van der Waals surface area contributed by atoms with E-state index in [0.717, 1.165) is 33.3 Å². The number of hydrogen-bond donors (Lipinski definition) is 1. The first-order valence-electron chi connectivity index (χ1n) is 8.31. The minimum atomic E-state index is -0.900. The number of aryl methyl sites for hydroxylation is 1. The smallest absolute Gasteiger partial charge is 0.323 e. The van der Waals surface area contributed by atoms with E-state index >= 15 is 0 Å². The number of nitrogens with zero attached hydrogens (tertiary/aromatic N) is 2. The average Bonchev–Trinajstić information content (AvgIpc) is 2.85. The number of carboxylic acid groups (broad SMARTS) is 1. The van der Waals surface area contributed by atoms with Crippen LogP contribution in [0.25, 0.3) is 32.9 Å². The fourth-order valence-corrected chi connectivity index (χ4v) is 3.61. The molecule has 0 amide bonds. The molecule has 5 heteroatoms. The van der Waals surface area contributed by atoms with E-state index in [9.17, 15) is 14.3 Å². The van der Waals surface area contributed by atoms with E-state index in [4.69, 9.17) is 0 Å². The van der Waals surface area contributed by atoms with Gasteiger partial charge in [-0.3, -0.25) is 9.78 Å². The second-order valence-electron chi connectivity index (χ2n) is 6.48. The topological polar surface area (TPSA) is 55.1 Å². The van der Waals surface area contributed by atoms with E-state index in [-0.39, 0.29) is 12.4 Å². The van der Waals surface area contributed by atoms with Crippen molar-refractivity contribution in [2.24, 2.45) is 0 Å². The van der Waals surface area contributed by atoms with Crippen LogP contribution in [0.3, 0.4) is 0 Å². The molecule has 130 valence electrons. The summed E-state index contributed by atoms with van der Waals surface area (Å²) in [6, 6.07) is 12.3. The molecule has 0 bridgehead atoms. The van der Waals surface area contributed by atoms with Crippen LogP contribution in [0.5, 0.6) is 0 Å². The Morgan fingerprint density at radius 3 is 2.69 bits per heavy atom. The Balaban J connectivity index is 2.12. The Bertz CT molecular complexity index is 1180. The van der Waals surface area contributed by atoms with Crippen molar-refractivity contribution in [1.29, 1.82) is 0 Å². The molecule has 0 spiro atoms. The SMILES string of the molecule is Cc1ccc2c(c1)c(-c1ccnc3ccc(F)cc13)c(C)n2CC(=O)O. The second-order valence-corrected chi connectivity index (χ2v) is 6.48. The van der Waals surface area contributed by atoms with E-state index in [0.29, 0.717) is 10.9 Å². The van der Waals surface area contributed by atoms with Gasteiger partial charge in [0.25, 0.3) is 0 Å². The van der Waals surface area contributed by atoms with Gasteiger partial charge < -0.3 is 9.67 Å². The second kappa shape index (κ2) is 5.95. The largest absolute Gasteiger partial charge is 0.480 e. The fraction of sp³-hybridized carbons (Fsp3) is 0.143. The molecule has 0 saturated carbocycles. The maximum atomic E-state index is 13.9. The third-order valence-corrected chi connectivity index (χ3v) is 4.75.